The van der Waals surface area contributed by atoms with Crippen molar-refractivity contribution in [2.45, 2.75) is 12.8 Å². The van der Waals surface area contributed by atoms with Gasteiger partial charge < -0.3 is 21.7 Å². The summed E-state index contributed by atoms with van der Waals surface area (Å²) in [5.41, 5.74) is 4.95. The molecular weight excluding hydrogens is 1160 g/mol. The van der Waals surface area contributed by atoms with E-state index in [2.05, 4.69) is 133 Å². The smallest absolute Gasteiger partial charge is 0.458 e. The van der Waals surface area contributed by atoms with Crippen LogP contribution >= 0.6 is 15.8 Å². The quantitative estimate of drug-likeness (QED) is 0.0473. The Bertz CT molecular complexity index is 2850. The average Bonchev–Trinajstić information content (AvgIpc) is 3.89. The molecule has 2 aromatic heterocycles. The van der Waals surface area contributed by atoms with Gasteiger partial charge in [0, 0.05) is 21.5 Å². The summed E-state index contributed by atoms with van der Waals surface area (Å²) >= 11 is 0. The van der Waals surface area contributed by atoms with E-state index in [0.717, 1.165) is 55.0 Å². The fourth-order valence-electron chi connectivity index (χ4n) is 7.68. The first-order chi connectivity index (χ1) is 29.7. The van der Waals surface area contributed by atoms with Crippen molar-refractivity contribution in [3.8, 4) is 11.8 Å². The zero-order chi connectivity index (χ0) is 40.9. The Morgan fingerprint density at radius 1 is 0.339 bits per heavy atom. The number of benzene rings is 8. The van der Waals surface area contributed by atoms with Crippen LogP contribution < -0.4 is 21.2 Å². The van der Waals surface area contributed by atoms with Crippen LogP contribution in [0.4, 0.5) is 0 Å². The molecule has 2 heterocycles. The van der Waals surface area contributed by atoms with Gasteiger partial charge in [-0.05, 0) is 79.6 Å². The van der Waals surface area contributed by atoms with Crippen LogP contribution in [0.5, 0.6) is 0 Å². The molecule has 8 aromatic carbocycles. The summed E-state index contributed by atoms with van der Waals surface area (Å²) in [7, 11) is -1.43. The van der Waals surface area contributed by atoms with E-state index in [1.165, 1.54) is 46.4 Å². The van der Waals surface area contributed by atoms with Crippen molar-refractivity contribution >= 4 is 80.9 Å². The molecule has 10 rings (SSSR count). The van der Waals surface area contributed by atoms with Crippen molar-refractivity contribution in [2.24, 2.45) is 0 Å². The fourth-order valence-corrected chi connectivity index (χ4v) is 13.1. The van der Waals surface area contributed by atoms with Crippen LogP contribution in [0.3, 0.4) is 0 Å². The van der Waals surface area contributed by atoms with Gasteiger partial charge in [-0.3, -0.25) is 11.8 Å². The Balaban J connectivity index is 0.000000168. The normalized spacial score (nSPS) is 10.5. The summed E-state index contributed by atoms with van der Waals surface area (Å²) in [6, 6.07) is 71.8. The minimum Gasteiger partial charge on any atom is -0.458 e. The van der Waals surface area contributed by atoms with Crippen LogP contribution in [-0.2, 0) is 44.8 Å². The molecule has 0 aliphatic carbocycles. The number of fused-ring (bicyclic) bond motifs is 6. The number of hydrogen-bond donors (Lipinski definition) is 0. The van der Waals surface area contributed by atoms with Gasteiger partial charge in [0.2, 0.25) is 0 Å². The monoisotopic (exact) mass is 1200 g/mol. The second-order valence-electron chi connectivity index (χ2n) is 14.5. The first-order valence-electron chi connectivity index (χ1n) is 20.3. The van der Waals surface area contributed by atoms with E-state index in [1.807, 2.05) is 84.9 Å². The van der Waals surface area contributed by atoms with E-state index in [0.29, 0.717) is 0 Å². The number of para-hydroxylation sites is 2. The van der Waals surface area contributed by atoms with Crippen molar-refractivity contribution in [1.82, 2.24) is 0 Å². The van der Waals surface area contributed by atoms with Crippen LogP contribution in [0, 0.1) is 24.7 Å². The van der Waals surface area contributed by atoms with Gasteiger partial charge in [0.1, 0.15) is 22.3 Å². The molecule has 0 aliphatic rings. The van der Waals surface area contributed by atoms with E-state index in [1.54, 1.807) is 0 Å². The largest absolute Gasteiger partial charge is 1.00 e. The average molecular weight is 1200 g/mol. The molecule has 0 bridgehead atoms. The number of unbranched alkanes of at least 4 members (excludes halogenated alkanes) is 1. The molecule has 0 aliphatic heterocycles. The Hall–Kier alpha value is -5.18. The van der Waals surface area contributed by atoms with Crippen LogP contribution in [0.2, 0.25) is 0 Å². The van der Waals surface area contributed by atoms with Crippen LogP contribution in [0.15, 0.2) is 215 Å². The minimum absolute atomic E-state index is 0. The summed E-state index contributed by atoms with van der Waals surface area (Å²) in [4.78, 5) is 0. The molecule has 0 saturated heterocycles. The summed E-state index contributed by atoms with van der Waals surface area (Å²) < 4.78 is 11.3. The molecule has 62 heavy (non-hydrogen) atoms. The van der Waals surface area contributed by atoms with Crippen LogP contribution in [0.1, 0.15) is 24.0 Å². The Morgan fingerprint density at radius 3 is 1.13 bits per heavy atom. The second kappa shape index (κ2) is 23.3. The van der Waals surface area contributed by atoms with Crippen LogP contribution in [-0.4, -0.2) is 12.3 Å². The molecule has 2 nitrogen and oxygen atoms in total. The van der Waals surface area contributed by atoms with Crippen molar-refractivity contribution < 1.29 is 53.6 Å². The first-order valence-corrected chi connectivity index (χ1v) is 23.7. The maximum atomic E-state index is 7.10. The van der Waals surface area contributed by atoms with Gasteiger partial charge in [0.05, 0.1) is 49.4 Å². The zero-order valence-electron chi connectivity index (χ0n) is 33.9. The van der Waals surface area contributed by atoms with Gasteiger partial charge in [-0.2, -0.15) is 0 Å². The molecule has 0 atom stereocenters. The maximum Gasteiger partial charge on any atom is 1.00 e. The standard InChI is InChI=1S/C28H28P2.2C14H7O.2Au/c1-5-15-25(16-6-1)29(26-17-7-2-8-18-26)23-13-14-24-30(27-19-9-3-10-20-27)28-21-11-4-12-22-28;1-2-10-7-8-14-12(9-10)11-5-3-4-6-13(11)15-14;1-2-10-7-8-12-11-5-3-4-6-13(11)15-14(12)9-10;;/h1-12,15-22H,13-14,23-24H2;2*3-9H;;/q;2*-1;2*+1/p+2. The van der Waals surface area contributed by atoms with Gasteiger partial charge in [-0.25, -0.2) is 0 Å². The molecule has 0 N–H and O–H groups in total. The Kier molecular flexibility index (Phi) is 17.4. The summed E-state index contributed by atoms with van der Waals surface area (Å²) in [6.45, 7) is 0. The first kappa shape index (κ1) is 46.3. The van der Waals surface area contributed by atoms with E-state index >= 15 is 0 Å². The minimum atomic E-state index is -0.714. The maximum absolute atomic E-state index is 7.10. The summed E-state index contributed by atoms with van der Waals surface area (Å²) in [5.74, 6) is 4.74. The molecule has 0 spiro atoms. The summed E-state index contributed by atoms with van der Waals surface area (Å²) in [5, 5.41) is 10.5. The molecule has 0 amide bonds. The summed E-state index contributed by atoms with van der Waals surface area (Å²) in [6.07, 6.45) is 19.4. The van der Waals surface area contributed by atoms with E-state index in [-0.39, 0.29) is 44.8 Å². The molecule has 10 aromatic rings. The number of rotatable bonds is 9. The van der Waals surface area contributed by atoms with Gasteiger partial charge in [-0.15, -0.1) is 29.3 Å². The van der Waals surface area contributed by atoms with E-state index < -0.39 is 15.8 Å². The third-order valence-electron chi connectivity index (χ3n) is 10.6. The Morgan fingerprint density at radius 2 is 0.677 bits per heavy atom. The number of hydrogen-bond acceptors (Lipinski definition) is 2. The predicted molar refractivity (Wildman–Crippen MR) is 260 cm³/mol. The number of furan rings is 2. The second-order valence-corrected chi connectivity index (χ2v) is 19.7. The van der Waals surface area contributed by atoms with Gasteiger partial charge >= 0.3 is 44.8 Å². The molecule has 0 fully saturated rings. The molecular formula is C56H44Au2O2P2+2. The molecule has 0 unspecified atom stereocenters. The molecule has 0 saturated carbocycles. The molecule has 0 radical (unpaired) electrons. The van der Waals surface area contributed by atoms with Crippen molar-refractivity contribution in [2.75, 3.05) is 12.3 Å². The fraction of sp³-hybridized carbons (Fsp3) is 0.0714. The predicted octanol–water partition coefficient (Wildman–Crippen LogP) is 12.5. The van der Waals surface area contributed by atoms with Crippen molar-refractivity contribution in [1.29, 1.82) is 0 Å². The van der Waals surface area contributed by atoms with Crippen molar-refractivity contribution in [3.63, 3.8) is 0 Å². The SMILES string of the molecule is [Au+].[Au+].[C-]#Cc1ccc2c(c1)oc1ccccc12.[C-]#Cc1ccc2oc3ccccc3c2c1.c1ccc([PH+](CCCC[PH+](c2ccccc2)c2ccccc2)c2ccccc2)cc1. The van der Waals surface area contributed by atoms with Gasteiger partial charge in [0.25, 0.3) is 0 Å². The van der Waals surface area contributed by atoms with Crippen molar-refractivity contribution in [3.05, 3.63) is 230 Å². The Labute approximate surface area is 398 Å². The van der Waals surface area contributed by atoms with E-state index in [9.17, 15) is 0 Å². The van der Waals surface area contributed by atoms with Gasteiger partial charge in [-0.1, -0.05) is 121 Å². The van der Waals surface area contributed by atoms with E-state index in [4.69, 9.17) is 21.7 Å². The molecule has 6 heteroatoms. The third kappa shape index (κ3) is 11.4. The zero-order valence-corrected chi connectivity index (χ0v) is 40.2. The third-order valence-corrected chi connectivity index (χ3v) is 16.5. The topological polar surface area (TPSA) is 26.3 Å². The van der Waals surface area contributed by atoms with Gasteiger partial charge in [0.15, 0.2) is 0 Å². The van der Waals surface area contributed by atoms with Crippen LogP contribution in [0.25, 0.3) is 43.9 Å². The molecule has 310 valence electrons.